The molecule has 1 N–H and O–H groups in total. The molecule has 0 radical (unpaired) electrons. The number of carbonyl (C=O) groups excluding carboxylic acids is 2. The molecular formula is C29H30N4O7S2. The summed E-state index contributed by atoms with van der Waals surface area (Å²) in [6.07, 6.45) is 2.65. The van der Waals surface area contributed by atoms with Crippen molar-refractivity contribution < 1.29 is 27.5 Å². The number of hydrogen-bond acceptors (Lipinski definition) is 9. The molecule has 0 saturated carbocycles. The Morgan fingerprint density at radius 3 is 2.31 bits per heavy atom. The number of ether oxygens (including phenoxy) is 2. The third kappa shape index (κ3) is 5.80. The Morgan fingerprint density at radius 1 is 0.976 bits per heavy atom. The van der Waals surface area contributed by atoms with E-state index in [-0.39, 0.29) is 38.5 Å². The summed E-state index contributed by atoms with van der Waals surface area (Å²) < 4.78 is 39.2. The molecule has 2 aromatic heterocycles. The maximum absolute atomic E-state index is 13.7. The van der Waals surface area contributed by atoms with Gasteiger partial charge in [-0.1, -0.05) is 6.42 Å². The zero-order valence-corrected chi connectivity index (χ0v) is 24.8. The molecule has 0 bridgehead atoms. The third-order valence-corrected chi connectivity index (χ3v) is 9.62. The van der Waals surface area contributed by atoms with E-state index >= 15 is 0 Å². The lowest BCUT2D eigenvalue weighted by Crippen LogP contribution is -2.35. The van der Waals surface area contributed by atoms with E-state index in [4.69, 9.17) is 9.47 Å². The SMILES string of the molecule is CCOC(=O)c1nn(-c2ccc(OCC)cc2)c(=O)c2c(NC(=O)c3ccc(S(=O)(=O)N4CCCCC4)cc3)scc12. The highest BCUT2D eigenvalue weighted by atomic mass is 32.2. The van der Waals surface area contributed by atoms with Gasteiger partial charge in [0.1, 0.15) is 10.8 Å². The molecule has 1 fully saturated rings. The second kappa shape index (κ2) is 12.4. The predicted octanol–water partition coefficient (Wildman–Crippen LogP) is 4.45. The van der Waals surface area contributed by atoms with Gasteiger partial charge in [0.15, 0.2) is 5.69 Å². The zero-order valence-electron chi connectivity index (χ0n) is 23.2. The van der Waals surface area contributed by atoms with Crippen molar-refractivity contribution in [1.29, 1.82) is 0 Å². The quantitative estimate of drug-likeness (QED) is 0.275. The number of piperidine rings is 1. The van der Waals surface area contributed by atoms with Gasteiger partial charge in [-0.25, -0.2) is 13.2 Å². The van der Waals surface area contributed by atoms with Crippen molar-refractivity contribution in [2.45, 2.75) is 38.0 Å². The van der Waals surface area contributed by atoms with Crippen molar-refractivity contribution in [2.24, 2.45) is 0 Å². The van der Waals surface area contributed by atoms with Crippen LogP contribution in [0.5, 0.6) is 5.75 Å². The molecule has 1 aliphatic heterocycles. The molecule has 3 heterocycles. The van der Waals surface area contributed by atoms with Gasteiger partial charge in [-0.05, 0) is 75.2 Å². The van der Waals surface area contributed by atoms with Gasteiger partial charge < -0.3 is 14.8 Å². The van der Waals surface area contributed by atoms with Crippen LogP contribution in [0.15, 0.2) is 63.6 Å². The fraction of sp³-hybridized carbons (Fsp3) is 0.310. The smallest absolute Gasteiger partial charge is 0.359 e. The van der Waals surface area contributed by atoms with Crippen molar-refractivity contribution >= 4 is 49.0 Å². The largest absolute Gasteiger partial charge is 0.494 e. The van der Waals surface area contributed by atoms with Crippen molar-refractivity contribution in [2.75, 3.05) is 31.6 Å². The van der Waals surface area contributed by atoms with Crippen LogP contribution in [-0.4, -0.2) is 60.7 Å². The molecule has 11 nitrogen and oxygen atoms in total. The zero-order chi connectivity index (χ0) is 29.9. The van der Waals surface area contributed by atoms with Gasteiger partial charge in [-0.2, -0.15) is 14.1 Å². The number of sulfonamides is 1. The number of fused-ring (bicyclic) bond motifs is 1. The second-order valence-electron chi connectivity index (χ2n) is 9.51. The Hall–Kier alpha value is -4.07. The first-order valence-corrected chi connectivity index (χ1v) is 15.9. The number of thiophene rings is 1. The number of hydrogen-bond donors (Lipinski definition) is 1. The molecule has 1 aliphatic rings. The number of nitrogens with zero attached hydrogens (tertiary/aromatic N) is 3. The van der Waals surface area contributed by atoms with Crippen LogP contribution in [0.1, 0.15) is 54.0 Å². The number of anilines is 1. The summed E-state index contributed by atoms with van der Waals surface area (Å²) in [5, 5.41) is 9.21. The van der Waals surface area contributed by atoms with E-state index in [2.05, 4.69) is 10.4 Å². The van der Waals surface area contributed by atoms with Gasteiger partial charge in [0.05, 0.1) is 29.2 Å². The molecule has 0 spiro atoms. The molecule has 1 saturated heterocycles. The molecule has 42 heavy (non-hydrogen) atoms. The van der Waals surface area contributed by atoms with Gasteiger partial charge in [-0.15, -0.1) is 11.3 Å². The molecule has 220 valence electrons. The average Bonchev–Trinajstić information content (AvgIpc) is 3.42. The topological polar surface area (TPSA) is 137 Å². The van der Waals surface area contributed by atoms with E-state index in [1.54, 1.807) is 36.6 Å². The van der Waals surface area contributed by atoms with Crippen molar-refractivity contribution in [1.82, 2.24) is 14.1 Å². The Balaban J connectivity index is 1.48. The van der Waals surface area contributed by atoms with Crippen LogP contribution in [0.2, 0.25) is 0 Å². The number of amides is 1. The van der Waals surface area contributed by atoms with Crippen molar-refractivity contribution in [3.05, 3.63) is 75.5 Å². The number of esters is 1. The van der Waals surface area contributed by atoms with E-state index in [0.29, 0.717) is 31.1 Å². The fourth-order valence-corrected chi connectivity index (χ4v) is 7.17. The molecule has 0 aliphatic carbocycles. The van der Waals surface area contributed by atoms with Crippen LogP contribution in [-0.2, 0) is 14.8 Å². The molecule has 13 heteroatoms. The lowest BCUT2D eigenvalue weighted by Gasteiger charge is -2.25. The summed E-state index contributed by atoms with van der Waals surface area (Å²) in [4.78, 5) is 39.8. The predicted molar refractivity (Wildman–Crippen MR) is 159 cm³/mol. The molecule has 0 unspecified atom stereocenters. The lowest BCUT2D eigenvalue weighted by molar-refractivity contribution is 0.0519. The number of carbonyl (C=O) groups is 2. The van der Waals surface area contributed by atoms with Crippen molar-refractivity contribution in [3.63, 3.8) is 0 Å². The minimum Gasteiger partial charge on any atom is -0.494 e. The first kappa shape index (κ1) is 29.4. The third-order valence-electron chi connectivity index (χ3n) is 6.81. The van der Waals surface area contributed by atoms with Gasteiger partial charge in [0.2, 0.25) is 10.0 Å². The first-order valence-electron chi connectivity index (χ1n) is 13.6. The molecule has 5 rings (SSSR count). The van der Waals surface area contributed by atoms with Gasteiger partial charge >= 0.3 is 5.97 Å². The fourth-order valence-electron chi connectivity index (χ4n) is 4.73. The maximum Gasteiger partial charge on any atom is 0.359 e. The minimum atomic E-state index is -3.64. The highest BCUT2D eigenvalue weighted by Gasteiger charge is 2.27. The van der Waals surface area contributed by atoms with Crippen LogP contribution in [0.25, 0.3) is 16.5 Å². The summed E-state index contributed by atoms with van der Waals surface area (Å²) in [6, 6.07) is 12.4. The van der Waals surface area contributed by atoms with Crippen LogP contribution in [0, 0.1) is 0 Å². The average molecular weight is 611 g/mol. The van der Waals surface area contributed by atoms with E-state index in [1.807, 2.05) is 6.92 Å². The van der Waals surface area contributed by atoms with E-state index < -0.39 is 27.5 Å². The number of benzene rings is 2. The highest BCUT2D eigenvalue weighted by molar-refractivity contribution is 7.89. The summed E-state index contributed by atoms with van der Waals surface area (Å²) in [6.45, 7) is 5.07. The monoisotopic (exact) mass is 610 g/mol. The Labute approximate surface area is 246 Å². The minimum absolute atomic E-state index is 0.0654. The van der Waals surface area contributed by atoms with E-state index in [0.717, 1.165) is 35.3 Å². The molecule has 4 aromatic rings. The Kier molecular flexibility index (Phi) is 8.71. The standard InChI is InChI=1S/C29H30N4O7S2/c1-3-39-21-12-10-20(11-13-21)33-28(35)24-23(25(31-33)29(36)40-4-2)18-41-27(24)30-26(34)19-8-14-22(15-9-19)42(37,38)32-16-6-5-7-17-32/h8-15,18H,3-7,16-17H2,1-2H3,(H,30,34). The number of rotatable bonds is 9. The van der Waals surface area contributed by atoms with Gasteiger partial charge in [0.25, 0.3) is 11.5 Å². The van der Waals surface area contributed by atoms with Crippen LogP contribution in [0.4, 0.5) is 5.00 Å². The Morgan fingerprint density at radius 2 is 1.67 bits per heavy atom. The lowest BCUT2D eigenvalue weighted by atomic mass is 10.2. The van der Waals surface area contributed by atoms with Crippen LogP contribution < -0.4 is 15.6 Å². The first-order chi connectivity index (χ1) is 20.2. The molecular weight excluding hydrogens is 580 g/mol. The van der Waals surface area contributed by atoms with E-state index in [1.165, 1.54) is 28.6 Å². The molecule has 1 amide bonds. The molecule has 0 atom stereocenters. The number of nitrogens with one attached hydrogen (secondary N) is 1. The van der Waals surface area contributed by atoms with Crippen molar-refractivity contribution in [3.8, 4) is 11.4 Å². The van der Waals surface area contributed by atoms with Crippen LogP contribution in [0.3, 0.4) is 0 Å². The summed E-state index contributed by atoms with van der Waals surface area (Å²) >= 11 is 1.07. The van der Waals surface area contributed by atoms with Crippen LogP contribution >= 0.6 is 11.3 Å². The Bertz CT molecular complexity index is 1770. The van der Waals surface area contributed by atoms with E-state index in [9.17, 15) is 22.8 Å². The summed E-state index contributed by atoms with van der Waals surface area (Å²) in [7, 11) is -3.64. The second-order valence-corrected chi connectivity index (χ2v) is 12.3. The van der Waals surface area contributed by atoms with Gasteiger partial charge in [-0.3, -0.25) is 9.59 Å². The number of aromatic nitrogens is 2. The summed E-state index contributed by atoms with van der Waals surface area (Å²) in [5.74, 6) is -0.634. The molecule has 2 aromatic carbocycles. The van der Waals surface area contributed by atoms with Gasteiger partial charge in [0, 0.05) is 29.4 Å². The maximum atomic E-state index is 13.7. The normalized spacial score (nSPS) is 14.0. The summed E-state index contributed by atoms with van der Waals surface area (Å²) in [5.41, 5.74) is -0.00313. The highest BCUT2D eigenvalue weighted by Crippen LogP contribution is 2.31.